The third-order valence-corrected chi connectivity index (χ3v) is 4.90. The van der Waals surface area contributed by atoms with E-state index in [-0.39, 0.29) is 0 Å². The maximum atomic E-state index is 3.81. The van der Waals surface area contributed by atoms with E-state index in [9.17, 15) is 0 Å². The van der Waals surface area contributed by atoms with Gasteiger partial charge >= 0.3 is 0 Å². The monoisotopic (exact) mass is 193 g/mol. The summed E-state index contributed by atoms with van der Waals surface area (Å²) in [6.45, 7) is 3.71. The number of hydrogen-bond donors (Lipinski definition) is 1. The fraction of sp³-hybridized carbons (Fsp3) is 1.00. The summed E-state index contributed by atoms with van der Waals surface area (Å²) in [6.07, 6.45) is 10.5. The summed E-state index contributed by atoms with van der Waals surface area (Å²) in [7, 11) is 0. The Morgan fingerprint density at radius 2 is 1.93 bits per heavy atom. The van der Waals surface area contributed by atoms with Crippen molar-refractivity contribution >= 4 is 0 Å². The van der Waals surface area contributed by atoms with E-state index in [1.54, 1.807) is 0 Å². The average molecular weight is 193 g/mol. The maximum Gasteiger partial charge on any atom is 0.00672 e. The quantitative estimate of drug-likeness (QED) is 0.708. The van der Waals surface area contributed by atoms with Gasteiger partial charge in [0.25, 0.3) is 0 Å². The SMILES string of the molecule is CC(NCC1(C2CC2)CCC1)C1CC1. The van der Waals surface area contributed by atoms with Gasteiger partial charge in [-0.25, -0.2) is 0 Å². The molecule has 3 rings (SSSR count). The Hall–Kier alpha value is -0.0400. The third-order valence-electron chi connectivity index (χ3n) is 4.90. The van der Waals surface area contributed by atoms with E-state index in [4.69, 9.17) is 0 Å². The molecule has 0 aromatic heterocycles. The van der Waals surface area contributed by atoms with Gasteiger partial charge in [0.1, 0.15) is 0 Å². The Labute approximate surface area is 87.7 Å². The predicted octanol–water partition coefficient (Wildman–Crippen LogP) is 2.95. The minimum atomic E-state index is 0.767. The van der Waals surface area contributed by atoms with Crippen LogP contribution in [0.2, 0.25) is 0 Å². The lowest BCUT2D eigenvalue weighted by Gasteiger charge is -2.43. The molecule has 0 spiro atoms. The molecule has 0 aromatic carbocycles. The molecule has 80 valence electrons. The highest BCUT2D eigenvalue weighted by atomic mass is 14.9. The Kier molecular flexibility index (Phi) is 2.12. The highest BCUT2D eigenvalue weighted by Gasteiger charge is 2.48. The number of hydrogen-bond acceptors (Lipinski definition) is 1. The summed E-state index contributed by atoms with van der Waals surface area (Å²) in [5.41, 5.74) is 0.767. The second-order valence-electron chi connectivity index (χ2n) is 6.00. The molecule has 14 heavy (non-hydrogen) atoms. The molecule has 0 bridgehead atoms. The van der Waals surface area contributed by atoms with Crippen molar-refractivity contribution in [3.8, 4) is 0 Å². The van der Waals surface area contributed by atoms with Crippen LogP contribution in [0.5, 0.6) is 0 Å². The van der Waals surface area contributed by atoms with E-state index in [2.05, 4.69) is 12.2 Å². The van der Waals surface area contributed by atoms with E-state index in [0.717, 1.165) is 23.3 Å². The first kappa shape index (κ1) is 9.21. The van der Waals surface area contributed by atoms with Gasteiger partial charge in [0, 0.05) is 12.6 Å². The average Bonchev–Trinajstić information content (AvgIpc) is 2.96. The van der Waals surface area contributed by atoms with Gasteiger partial charge in [-0.3, -0.25) is 0 Å². The van der Waals surface area contributed by atoms with Crippen molar-refractivity contribution in [2.75, 3.05) is 6.54 Å². The Balaban J connectivity index is 1.49. The molecule has 0 aliphatic heterocycles. The smallest absolute Gasteiger partial charge is 0.00672 e. The first-order valence-corrected chi connectivity index (χ1v) is 6.54. The third kappa shape index (κ3) is 1.60. The summed E-state index contributed by atoms with van der Waals surface area (Å²) >= 11 is 0. The summed E-state index contributed by atoms with van der Waals surface area (Å²) in [4.78, 5) is 0. The minimum absolute atomic E-state index is 0.767. The summed E-state index contributed by atoms with van der Waals surface area (Å²) in [5, 5.41) is 3.81. The van der Waals surface area contributed by atoms with Gasteiger partial charge in [0.05, 0.1) is 0 Å². The lowest BCUT2D eigenvalue weighted by Crippen LogP contribution is -2.44. The lowest BCUT2D eigenvalue weighted by atomic mass is 9.65. The van der Waals surface area contributed by atoms with Gasteiger partial charge in [-0.1, -0.05) is 6.42 Å². The van der Waals surface area contributed by atoms with Crippen LogP contribution < -0.4 is 5.32 Å². The van der Waals surface area contributed by atoms with Crippen LogP contribution in [0, 0.1) is 17.3 Å². The van der Waals surface area contributed by atoms with Gasteiger partial charge in [0.2, 0.25) is 0 Å². The van der Waals surface area contributed by atoms with Crippen molar-refractivity contribution in [1.29, 1.82) is 0 Å². The molecule has 0 saturated heterocycles. The summed E-state index contributed by atoms with van der Waals surface area (Å²) in [6, 6.07) is 0.797. The summed E-state index contributed by atoms with van der Waals surface area (Å²) < 4.78 is 0. The van der Waals surface area contributed by atoms with Gasteiger partial charge in [-0.2, -0.15) is 0 Å². The van der Waals surface area contributed by atoms with Crippen molar-refractivity contribution in [2.45, 2.75) is 57.9 Å². The molecule has 3 fully saturated rings. The zero-order chi connectivity index (χ0) is 9.60. The maximum absolute atomic E-state index is 3.81. The highest BCUT2D eigenvalue weighted by molar-refractivity contribution is 5.01. The van der Waals surface area contributed by atoms with Gasteiger partial charge in [0.15, 0.2) is 0 Å². The van der Waals surface area contributed by atoms with Crippen molar-refractivity contribution in [3.05, 3.63) is 0 Å². The van der Waals surface area contributed by atoms with E-state index < -0.39 is 0 Å². The molecule has 0 amide bonds. The largest absolute Gasteiger partial charge is 0.313 e. The molecule has 0 radical (unpaired) electrons. The van der Waals surface area contributed by atoms with E-state index in [1.807, 2.05) is 0 Å². The fourth-order valence-corrected chi connectivity index (χ4v) is 3.18. The molecule has 3 aliphatic rings. The van der Waals surface area contributed by atoms with Crippen LogP contribution in [-0.2, 0) is 0 Å². The van der Waals surface area contributed by atoms with Gasteiger partial charge in [-0.05, 0) is 62.7 Å². The van der Waals surface area contributed by atoms with Crippen LogP contribution in [0.3, 0.4) is 0 Å². The van der Waals surface area contributed by atoms with Crippen molar-refractivity contribution in [2.24, 2.45) is 17.3 Å². The summed E-state index contributed by atoms with van der Waals surface area (Å²) in [5.74, 6) is 2.13. The topological polar surface area (TPSA) is 12.0 Å². The zero-order valence-electron chi connectivity index (χ0n) is 9.39. The van der Waals surface area contributed by atoms with Crippen LogP contribution in [0.4, 0.5) is 0 Å². The number of nitrogens with one attached hydrogen (secondary N) is 1. The Morgan fingerprint density at radius 3 is 2.36 bits per heavy atom. The van der Waals surface area contributed by atoms with Crippen molar-refractivity contribution in [1.82, 2.24) is 5.32 Å². The second-order valence-corrected chi connectivity index (χ2v) is 6.00. The molecule has 1 nitrogen and oxygen atoms in total. The van der Waals surface area contributed by atoms with E-state index in [0.29, 0.717) is 0 Å². The second kappa shape index (κ2) is 3.23. The normalized spacial score (nSPS) is 32.4. The van der Waals surface area contributed by atoms with Gasteiger partial charge < -0.3 is 5.32 Å². The predicted molar refractivity (Wildman–Crippen MR) is 59.2 cm³/mol. The lowest BCUT2D eigenvalue weighted by molar-refractivity contribution is 0.0942. The molecule has 3 saturated carbocycles. The Morgan fingerprint density at radius 1 is 1.21 bits per heavy atom. The molecule has 1 atom stereocenters. The van der Waals surface area contributed by atoms with Crippen LogP contribution in [0.1, 0.15) is 51.9 Å². The zero-order valence-corrected chi connectivity index (χ0v) is 9.39. The molecule has 1 N–H and O–H groups in total. The first-order valence-electron chi connectivity index (χ1n) is 6.54. The van der Waals surface area contributed by atoms with E-state index in [1.165, 1.54) is 51.5 Å². The van der Waals surface area contributed by atoms with Crippen LogP contribution in [0.25, 0.3) is 0 Å². The molecular weight excluding hydrogens is 170 g/mol. The molecule has 3 aliphatic carbocycles. The molecular formula is C13H23N. The van der Waals surface area contributed by atoms with Crippen molar-refractivity contribution in [3.63, 3.8) is 0 Å². The van der Waals surface area contributed by atoms with E-state index >= 15 is 0 Å². The van der Waals surface area contributed by atoms with Gasteiger partial charge in [-0.15, -0.1) is 0 Å². The highest BCUT2D eigenvalue weighted by Crippen LogP contribution is 2.56. The number of rotatable bonds is 5. The molecule has 0 heterocycles. The van der Waals surface area contributed by atoms with Crippen LogP contribution in [0.15, 0.2) is 0 Å². The standard InChI is InChI=1S/C13H23N/c1-10(11-3-4-11)14-9-13(7-2-8-13)12-5-6-12/h10-12,14H,2-9H2,1H3. The molecule has 1 unspecified atom stereocenters. The van der Waals surface area contributed by atoms with Crippen LogP contribution >= 0.6 is 0 Å². The first-order chi connectivity index (χ1) is 6.80. The fourth-order valence-electron chi connectivity index (χ4n) is 3.18. The van der Waals surface area contributed by atoms with Crippen molar-refractivity contribution < 1.29 is 0 Å². The molecule has 0 aromatic rings. The van der Waals surface area contributed by atoms with Crippen LogP contribution in [-0.4, -0.2) is 12.6 Å². The minimum Gasteiger partial charge on any atom is -0.313 e. The molecule has 1 heteroatoms. The Bertz CT molecular complexity index is 211.